The zero-order valence-electron chi connectivity index (χ0n) is 22.3. The first-order valence-corrected chi connectivity index (χ1v) is 13.9. The van der Waals surface area contributed by atoms with Gasteiger partial charge in [0.1, 0.15) is 5.75 Å². The van der Waals surface area contributed by atoms with Gasteiger partial charge in [0.2, 0.25) is 0 Å². The van der Waals surface area contributed by atoms with E-state index >= 15 is 0 Å². The zero-order chi connectivity index (χ0) is 24.3. The molecule has 1 heterocycles. The summed E-state index contributed by atoms with van der Waals surface area (Å²) in [5.41, 5.74) is 5.66. The summed E-state index contributed by atoms with van der Waals surface area (Å²) in [7, 11) is 1.96. The Balaban J connectivity index is 1.59. The number of phenols is 1. The predicted octanol–water partition coefficient (Wildman–Crippen LogP) is 6.27. The molecule has 186 valence electrons. The topological polar surface area (TPSA) is 32.7 Å². The number of likely N-dealkylation sites (tertiary alicyclic amines) is 1. The molecule has 5 aliphatic rings. The largest absolute Gasteiger partial charge is 0.508 e. The molecule has 6 atom stereocenters. The molecule has 34 heavy (non-hydrogen) atoms. The van der Waals surface area contributed by atoms with Crippen LogP contribution in [-0.4, -0.2) is 41.8 Å². The third-order valence-corrected chi connectivity index (χ3v) is 11.5. The van der Waals surface area contributed by atoms with Crippen LogP contribution in [0.4, 0.5) is 0 Å². The minimum Gasteiger partial charge on any atom is -0.508 e. The Labute approximate surface area is 207 Å². The number of methoxy groups -OCH3 is 1. The Morgan fingerprint density at radius 1 is 1.24 bits per heavy atom. The minimum absolute atomic E-state index is 0.0424. The number of hydrogen-bond donors (Lipinski definition) is 1. The molecule has 2 saturated carbocycles. The van der Waals surface area contributed by atoms with Crippen molar-refractivity contribution in [2.45, 2.75) is 96.6 Å². The third kappa shape index (κ3) is 2.67. The van der Waals surface area contributed by atoms with Gasteiger partial charge in [-0.15, -0.1) is 0 Å². The molecule has 0 amide bonds. The average molecular weight is 464 g/mol. The van der Waals surface area contributed by atoms with Gasteiger partial charge >= 0.3 is 0 Å². The summed E-state index contributed by atoms with van der Waals surface area (Å²) >= 11 is 0. The standard InChI is InChI=1S/C31H45NO2/c1-8-31(34-7)23(19(2)28(3,4)5)17-29(6)26-15-21-11-12-24(33)22-16-25(31)30(29,27(21)22)13-14-32(26)18-20-9-10-20/h11-12,20,23,25-26,33H,2,8-10,13-18H2,1,3-7H3/t23-,25-,26-,29-,30-,31?/m1/s1. The number of benzene rings is 1. The predicted molar refractivity (Wildman–Crippen MR) is 138 cm³/mol. The van der Waals surface area contributed by atoms with E-state index in [4.69, 9.17) is 11.3 Å². The Hall–Kier alpha value is -1.32. The summed E-state index contributed by atoms with van der Waals surface area (Å²) in [6, 6.07) is 4.80. The van der Waals surface area contributed by atoms with Crippen molar-refractivity contribution in [3.63, 3.8) is 0 Å². The highest BCUT2D eigenvalue weighted by Gasteiger charge is 2.74. The third-order valence-electron chi connectivity index (χ3n) is 11.5. The first-order valence-electron chi connectivity index (χ1n) is 13.9. The number of piperidine rings is 1. The maximum absolute atomic E-state index is 11.1. The molecule has 1 aromatic carbocycles. The van der Waals surface area contributed by atoms with Crippen molar-refractivity contribution >= 4 is 0 Å². The molecule has 1 unspecified atom stereocenters. The van der Waals surface area contributed by atoms with Gasteiger partial charge in [0, 0.05) is 36.9 Å². The molecule has 3 fully saturated rings. The maximum Gasteiger partial charge on any atom is 0.119 e. The van der Waals surface area contributed by atoms with Gasteiger partial charge < -0.3 is 9.84 Å². The van der Waals surface area contributed by atoms with E-state index in [1.165, 1.54) is 54.6 Å². The molecule has 1 saturated heterocycles. The lowest BCUT2D eigenvalue weighted by Crippen LogP contribution is -2.74. The van der Waals surface area contributed by atoms with Crippen molar-refractivity contribution in [2.75, 3.05) is 20.2 Å². The molecule has 3 heteroatoms. The van der Waals surface area contributed by atoms with Crippen LogP contribution in [0.25, 0.3) is 0 Å². The van der Waals surface area contributed by atoms with Crippen LogP contribution in [0.1, 0.15) is 83.4 Å². The molecular weight excluding hydrogens is 418 g/mol. The fraction of sp³-hybridized carbons (Fsp3) is 0.742. The lowest BCUT2D eigenvalue weighted by molar-refractivity contribution is -0.216. The number of nitrogens with zero attached hydrogens (tertiary/aromatic N) is 1. The van der Waals surface area contributed by atoms with Crippen LogP contribution < -0.4 is 0 Å². The van der Waals surface area contributed by atoms with E-state index in [1.54, 1.807) is 0 Å². The maximum atomic E-state index is 11.1. The van der Waals surface area contributed by atoms with Gasteiger partial charge in [0.15, 0.2) is 0 Å². The van der Waals surface area contributed by atoms with Crippen molar-refractivity contribution in [2.24, 2.45) is 28.6 Å². The second-order valence-electron chi connectivity index (χ2n) is 13.7. The monoisotopic (exact) mass is 463 g/mol. The second kappa shape index (κ2) is 7.13. The second-order valence-corrected chi connectivity index (χ2v) is 13.7. The van der Waals surface area contributed by atoms with E-state index in [9.17, 15) is 5.11 Å². The van der Waals surface area contributed by atoms with E-state index < -0.39 is 0 Å². The normalized spacial score (nSPS) is 40.8. The molecule has 1 aliphatic heterocycles. The summed E-state index contributed by atoms with van der Waals surface area (Å²) in [6.07, 6.45) is 8.22. The van der Waals surface area contributed by atoms with Gasteiger partial charge in [-0.2, -0.15) is 0 Å². The molecule has 0 aromatic heterocycles. The van der Waals surface area contributed by atoms with Crippen molar-refractivity contribution in [1.82, 2.24) is 4.90 Å². The van der Waals surface area contributed by atoms with Crippen molar-refractivity contribution in [3.8, 4) is 5.75 Å². The summed E-state index contributed by atoms with van der Waals surface area (Å²) in [4.78, 5) is 2.89. The first-order chi connectivity index (χ1) is 16.0. The molecule has 2 bridgehead atoms. The Morgan fingerprint density at radius 2 is 1.97 bits per heavy atom. The minimum atomic E-state index is -0.243. The molecular formula is C31H45NO2. The van der Waals surface area contributed by atoms with Gasteiger partial charge in [-0.1, -0.05) is 52.8 Å². The van der Waals surface area contributed by atoms with Gasteiger partial charge in [0.05, 0.1) is 5.60 Å². The van der Waals surface area contributed by atoms with Crippen LogP contribution in [0.15, 0.2) is 24.3 Å². The van der Waals surface area contributed by atoms with E-state index in [0.717, 1.165) is 31.6 Å². The highest BCUT2D eigenvalue weighted by Crippen LogP contribution is 2.74. The molecule has 6 rings (SSSR count). The highest BCUT2D eigenvalue weighted by molar-refractivity contribution is 5.59. The molecule has 1 N–H and O–H groups in total. The Bertz CT molecular complexity index is 1030. The summed E-state index contributed by atoms with van der Waals surface area (Å²) in [6.45, 7) is 19.2. The molecule has 3 nitrogen and oxygen atoms in total. The quantitative estimate of drug-likeness (QED) is 0.523. The molecule has 4 aliphatic carbocycles. The summed E-state index contributed by atoms with van der Waals surface area (Å²) in [5, 5.41) is 11.1. The highest BCUT2D eigenvalue weighted by atomic mass is 16.5. The fourth-order valence-electron chi connectivity index (χ4n) is 9.64. The number of rotatable bonds is 5. The van der Waals surface area contributed by atoms with Gasteiger partial charge in [0.25, 0.3) is 0 Å². The first kappa shape index (κ1) is 23.1. The fourth-order valence-corrected chi connectivity index (χ4v) is 9.64. The lowest BCUT2D eigenvalue weighted by atomic mass is 9.38. The van der Waals surface area contributed by atoms with Gasteiger partial charge in [-0.3, -0.25) is 4.90 Å². The van der Waals surface area contributed by atoms with E-state index in [1.807, 2.05) is 13.2 Å². The van der Waals surface area contributed by atoms with Crippen LogP contribution in [0.3, 0.4) is 0 Å². The number of ether oxygens (including phenoxy) is 1. The van der Waals surface area contributed by atoms with Gasteiger partial charge in [-0.05, 0) is 91.0 Å². The lowest BCUT2D eigenvalue weighted by Gasteiger charge is -2.71. The van der Waals surface area contributed by atoms with Crippen molar-refractivity contribution in [3.05, 3.63) is 41.0 Å². The summed E-state index contributed by atoms with van der Waals surface area (Å²) < 4.78 is 6.73. The Morgan fingerprint density at radius 3 is 2.59 bits per heavy atom. The zero-order valence-corrected chi connectivity index (χ0v) is 22.3. The van der Waals surface area contributed by atoms with E-state index in [0.29, 0.717) is 23.6 Å². The molecule has 1 spiro atoms. The van der Waals surface area contributed by atoms with Crippen LogP contribution in [-0.2, 0) is 23.0 Å². The number of hydrogen-bond acceptors (Lipinski definition) is 3. The summed E-state index contributed by atoms with van der Waals surface area (Å²) in [5.74, 6) is 2.13. The Kier molecular flexibility index (Phi) is 4.84. The van der Waals surface area contributed by atoms with Crippen molar-refractivity contribution in [1.29, 1.82) is 0 Å². The number of phenolic OH excluding ortho intramolecular Hbond substituents is 1. The van der Waals surface area contributed by atoms with Crippen LogP contribution in [0.2, 0.25) is 0 Å². The van der Waals surface area contributed by atoms with Crippen LogP contribution >= 0.6 is 0 Å². The van der Waals surface area contributed by atoms with E-state index in [2.05, 4.69) is 45.6 Å². The van der Waals surface area contributed by atoms with Gasteiger partial charge in [-0.25, -0.2) is 0 Å². The average Bonchev–Trinajstić information content (AvgIpc) is 3.53. The number of aromatic hydroxyl groups is 1. The molecule has 0 radical (unpaired) electrons. The SMILES string of the molecule is C=C([C@H]1C[C@]2(C)[C@H]3Cc4ccc(O)c5c4[C@@]2(CCN3CC2CC2)[C@@H](C5)C1(CC)OC)C(C)(C)C. The van der Waals surface area contributed by atoms with Crippen LogP contribution in [0, 0.1) is 28.6 Å². The van der Waals surface area contributed by atoms with Crippen LogP contribution in [0.5, 0.6) is 5.75 Å². The molecule has 1 aromatic rings. The van der Waals surface area contributed by atoms with Crippen molar-refractivity contribution < 1.29 is 9.84 Å². The smallest absolute Gasteiger partial charge is 0.119 e. The van der Waals surface area contributed by atoms with E-state index in [-0.39, 0.29) is 21.8 Å².